The van der Waals surface area contributed by atoms with Crippen LogP contribution in [0.5, 0.6) is 0 Å². The number of likely N-dealkylation sites (tertiary alicyclic amines) is 1. The molecule has 1 N–H and O–H groups in total. The summed E-state index contributed by atoms with van der Waals surface area (Å²) < 4.78 is 5.34. The molecule has 2 atom stereocenters. The number of rotatable bonds is 6. The minimum Gasteiger partial charge on any atom is -0.383 e. The average molecular weight is 228 g/mol. The summed E-state index contributed by atoms with van der Waals surface area (Å²) in [5.74, 6) is 0.896. The van der Waals surface area contributed by atoms with Gasteiger partial charge in [-0.2, -0.15) is 0 Å². The van der Waals surface area contributed by atoms with Gasteiger partial charge in [0.05, 0.1) is 6.61 Å². The van der Waals surface area contributed by atoms with Gasteiger partial charge in [-0.1, -0.05) is 13.8 Å². The molecule has 0 bridgehead atoms. The van der Waals surface area contributed by atoms with Crippen molar-refractivity contribution in [3.05, 3.63) is 0 Å². The molecule has 3 heteroatoms. The van der Waals surface area contributed by atoms with Crippen molar-refractivity contribution in [3.63, 3.8) is 0 Å². The lowest BCUT2D eigenvalue weighted by Crippen LogP contribution is -2.45. The lowest BCUT2D eigenvalue weighted by molar-refractivity contribution is 0.0910. The van der Waals surface area contributed by atoms with Crippen LogP contribution in [-0.4, -0.2) is 50.8 Å². The van der Waals surface area contributed by atoms with E-state index in [2.05, 4.69) is 24.1 Å². The molecular weight excluding hydrogens is 200 g/mol. The van der Waals surface area contributed by atoms with Crippen molar-refractivity contribution in [2.75, 3.05) is 39.9 Å². The zero-order valence-corrected chi connectivity index (χ0v) is 11.2. The standard InChI is InChI=1S/C13H28N2O/c1-4-14-10-13(11-16-3)15-8-5-6-12(2)7-9-15/h12-14H,4-11H2,1-3H3. The summed E-state index contributed by atoms with van der Waals surface area (Å²) in [4.78, 5) is 2.61. The smallest absolute Gasteiger partial charge is 0.0630 e. The molecule has 0 radical (unpaired) electrons. The molecule has 3 nitrogen and oxygen atoms in total. The predicted molar refractivity (Wildman–Crippen MR) is 68.8 cm³/mol. The Morgan fingerprint density at radius 2 is 2.19 bits per heavy atom. The second-order valence-corrected chi connectivity index (χ2v) is 4.99. The van der Waals surface area contributed by atoms with Crippen LogP contribution in [-0.2, 0) is 4.74 Å². The van der Waals surface area contributed by atoms with E-state index in [9.17, 15) is 0 Å². The van der Waals surface area contributed by atoms with Crippen molar-refractivity contribution < 1.29 is 4.74 Å². The molecule has 1 aliphatic rings. The van der Waals surface area contributed by atoms with Crippen LogP contribution in [0.3, 0.4) is 0 Å². The Morgan fingerprint density at radius 3 is 2.88 bits per heavy atom. The quantitative estimate of drug-likeness (QED) is 0.749. The summed E-state index contributed by atoms with van der Waals surface area (Å²) in [5.41, 5.74) is 0. The van der Waals surface area contributed by atoms with Crippen LogP contribution in [0.1, 0.15) is 33.1 Å². The number of hydrogen-bond acceptors (Lipinski definition) is 3. The Balaban J connectivity index is 2.41. The van der Waals surface area contributed by atoms with Crippen molar-refractivity contribution in [1.82, 2.24) is 10.2 Å². The van der Waals surface area contributed by atoms with E-state index < -0.39 is 0 Å². The van der Waals surface area contributed by atoms with Crippen molar-refractivity contribution in [1.29, 1.82) is 0 Å². The lowest BCUT2D eigenvalue weighted by Gasteiger charge is -2.30. The second kappa shape index (κ2) is 8.04. The number of methoxy groups -OCH3 is 1. The molecular formula is C13H28N2O. The van der Waals surface area contributed by atoms with Gasteiger partial charge in [-0.3, -0.25) is 4.90 Å². The maximum Gasteiger partial charge on any atom is 0.0630 e. The van der Waals surface area contributed by atoms with Gasteiger partial charge >= 0.3 is 0 Å². The Labute approximate surface area is 101 Å². The molecule has 1 saturated heterocycles. The van der Waals surface area contributed by atoms with Gasteiger partial charge in [-0.15, -0.1) is 0 Å². The summed E-state index contributed by atoms with van der Waals surface area (Å²) in [6.07, 6.45) is 4.07. The third kappa shape index (κ3) is 4.81. The number of nitrogens with one attached hydrogen (secondary N) is 1. The first-order valence-electron chi connectivity index (χ1n) is 6.71. The van der Waals surface area contributed by atoms with Gasteiger partial charge in [-0.25, -0.2) is 0 Å². The Morgan fingerprint density at radius 1 is 1.38 bits per heavy atom. The molecule has 0 aromatic rings. The minimum absolute atomic E-state index is 0.551. The van der Waals surface area contributed by atoms with E-state index >= 15 is 0 Å². The summed E-state index contributed by atoms with van der Waals surface area (Å²) in [6, 6.07) is 0.551. The van der Waals surface area contributed by atoms with Crippen LogP contribution in [0.2, 0.25) is 0 Å². The fourth-order valence-electron chi connectivity index (χ4n) is 2.45. The first kappa shape index (κ1) is 13.9. The number of hydrogen-bond donors (Lipinski definition) is 1. The van der Waals surface area contributed by atoms with Gasteiger partial charge in [0.1, 0.15) is 0 Å². The van der Waals surface area contributed by atoms with Crippen LogP contribution in [0, 0.1) is 5.92 Å². The topological polar surface area (TPSA) is 24.5 Å². The van der Waals surface area contributed by atoms with E-state index in [1.165, 1.54) is 32.4 Å². The number of ether oxygens (including phenoxy) is 1. The molecule has 2 unspecified atom stereocenters. The van der Waals surface area contributed by atoms with E-state index in [1.54, 1.807) is 7.11 Å². The van der Waals surface area contributed by atoms with E-state index in [4.69, 9.17) is 4.74 Å². The van der Waals surface area contributed by atoms with Crippen molar-refractivity contribution in [2.24, 2.45) is 5.92 Å². The molecule has 1 aliphatic heterocycles. The number of nitrogens with zero attached hydrogens (tertiary/aromatic N) is 1. The van der Waals surface area contributed by atoms with E-state index in [0.717, 1.165) is 25.6 Å². The molecule has 0 aromatic carbocycles. The molecule has 1 heterocycles. The molecule has 0 aromatic heterocycles. The van der Waals surface area contributed by atoms with E-state index in [0.29, 0.717) is 6.04 Å². The van der Waals surface area contributed by atoms with E-state index in [1.807, 2.05) is 0 Å². The van der Waals surface area contributed by atoms with Crippen molar-refractivity contribution in [3.8, 4) is 0 Å². The van der Waals surface area contributed by atoms with E-state index in [-0.39, 0.29) is 0 Å². The fraction of sp³-hybridized carbons (Fsp3) is 1.00. The van der Waals surface area contributed by atoms with Crippen molar-refractivity contribution >= 4 is 0 Å². The zero-order valence-electron chi connectivity index (χ0n) is 11.2. The normalized spacial score (nSPS) is 25.3. The Hall–Kier alpha value is -0.120. The maximum atomic E-state index is 5.34. The molecule has 0 saturated carbocycles. The first-order valence-corrected chi connectivity index (χ1v) is 6.71. The molecule has 0 aliphatic carbocycles. The van der Waals surface area contributed by atoms with Crippen LogP contribution >= 0.6 is 0 Å². The van der Waals surface area contributed by atoms with Crippen LogP contribution in [0.4, 0.5) is 0 Å². The first-order chi connectivity index (χ1) is 7.77. The Bertz CT molecular complexity index is 173. The third-order valence-corrected chi connectivity index (χ3v) is 3.56. The minimum atomic E-state index is 0.551. The van der Waals surface area contributed by atoms with Crippen LogP contribution < -0.4 is 5.32 Å². The Kier molecular flexibility index (Phi) is 7.01. The van der Waals surface area contributed by atoms with Gasteiger partial charge < -0.3 is 10.1 Å². The molecule has 16 heavy (non-hydrogen) atoms. The number of likely N-dealkylation sites (N-methyl/N-ethyl adjacent to an activating group) is 1. The highest BCUT2D eigenvalue weighted by atomic mass is 16.5. The maximum absolute atomic E-state index is 5.34. The fourth-order valence-corrected chi connectivity index (χ4v) is 2.45. The SMILES string of the molecule is CCNCC(COC)N1CCCC(C)CC1. The summed E-state index contributed by atoms with van der Waals surface area (Å²) in [7, 11) is 1.80. The summed E-state index contributed by atoms with van der Waals surface area (Å²) in [6.45, 7) is 9.96. The molecule has 0 amide bonds. The largest absolute Gasteiger partial charge is 0.383 e. The second-order valence-electron chi connectivity index (χ2n) is 4.99. The summed E-state index contributed by atoms with van der Waals surface area (Å²) in [5, 5.41) is 3.44. The third-order valence-electron chi connectivity index (χ3n) is 3.56. The van der Waals surface area contributed by atoms with Gasteiger partial charge in [0.25, 0.3) is 0 Å². The average Bonchev–Trinajstić information content (AvgIpc) is 2.49. The highest BCUT2D eigenvalue weighted by Gasteiger charge is 2.21. The predicted octanol–water partition coefficient (Wildman–Crippen LogP) is 1.73. The van der Waals surface area contributed by atoms with Gasteiger partial charge in [0, 0.05) is 19.7 Å². The zero-order chi connectivity index (χ0) is 11.8. The monoisotopic (exact) mass is 228 g/mol. The lowest BCUT2D eigenvalue weighted by atomic mass is 10.0. The highest BCUT2D eigenvalue weighted by Crippen LogP contribution is 2.18. The highest BCUT2D eigenvalue weighted by molar-refractivity contribution is 4.77. The van der Waals surface area contributed by atoms with Crippen LogP contribution in [0.15, 0.2) is 0 Å². The molecule has 1 fully saturated rings. The molecule has 96 valence electrons. The molecule has 1 rings (SSSR count). The summed E-state index contributed by atoms with van der Waals surface area (Å²) >= 11 is 0. The van der Waals surface area contributed by atoms with Gasteiger partial charge in [0.15, 0.2) is 0 Å². The van der Waals surface area contributed by atoms with Crippen LogP contribution in [0.25, 0.3) is 0 Å². The van der Waals surface area contributed by atoms with Gasteiger partial charge in [0.2, 0.25) is 0 Å². The molecule has 0 spiro atoms. The van der Waals surface area contributed by atoms with Crippen molar-refractivity contribution in [2.45, 2.75) is 39.2 Å². The van der Waals surface area contributed by atoms with Gasteiger partial charge in [-0.05, 0) is 44.8 Å².